The molecule has 0 saturated heterocycles. The van der Waals surface area contributed by atoms with Crippen LogP contribution in [0.25, 0.3) is 0 Å². The monoisotopic (exact) mass is 502 g/mol. The molecular formula is C8H6SW2-2. The first kappa shape index (κ1) is 11.9. The van der Waals surface area contributed by atoms with Gasteiger partial charge in [-0.1, -0.05) is 17.2 Å². The maximum Gasteiger partial charge on any atom is 0 e. The molecule has 2 aliphatic rings. The molecule has 0 radical (unpaired) electrons. The molecule has 0 bridgehead atoms. The smallest absolute Gasteiger partial charge is 0 e. The largest absolute Gasteiger partial charge is 0.390 e. The maximum absolute atomic E-state index is 3.24. The van der Waals surface area contributed by atoms with E-state index in [1.165, 1.54) is 0 Å². The van der Waals surface area contributed by atoms with Crippen LogP contribution in [-0.4, -0.2) is 5.25 Å². The quantitative estimate of drug-likeness (QED) is 0.457. The Bertz CT molecular complexity index is 196. The molecule has 1 aliphatic carbocycles. The van der Waals surface area contributed by atoms with Crippen LogP contribution in [0.1, 0.15) is 0 Å². The minimum absolute atomic E-state index is 0. The molecule has 2 unspecified atom stereocenters. The number of allylic oxidation sites excluding steroid dienone is 4. The first-order valence-electron chi connectivity index (χ1n) is 2.96. The summed E-state index contributed by atoms with van der Waals surface area (Å²) in [5, 5.41) is 2.65. The van der Waals surface area contributed by atoms with E-state index in [0.717, 1.165) is 0 Å². The fraction of sp³-hybridized carbons (Fsp3) is 0.250. The van der Waals surface area contributed by atoms with Gasteiger partial charge in [-0.15, -0.1) is 11.8 Å². The van der Waals surface area contributed by atoms with Crippen molar-refractivity contribution >= 4 is 11.8 Å². The van der Waals surface area contributed by atoms with Crippen LogP contribution >= 0.6 is 11.8 Å². The van der Waals surface area contributed by atoms with Gasteiger partial charge in [0.2, 0.25) is 0 Å². The molecule has 0 amide bonds. The van der Waals surface area contributed by atoms with Crippen LogP contribution in [0.2, 0.25) is 0 Å². The first-order valence-corrected chi connectivity index (χ1v) is 3.90. The number of rotatable bonds is 0. The Morgan fingerprint density at radius 2 is 1.82 bits per heavy atom. The van der Waals surface area contributed by atoms with Crippen molar-refractivity contribution in [2.45, 2.75) is 5.25 Å². The molecule has 1 heterocycles. The summed E-state index contributed by atoms with van der Waals surface area (Å²) < 4.78 is 0. The van der Waals surface area contributed by atoms with Crippen molar-refractivity contribution in [2.24, 2.45) is 5.92 Å². The Morgan fingerprint density at radius 3 is 2.55 bits per heavy atom. The molecule has 0 saturated carbocycles. The Morgan fingerprint density at radius 1 is 1.09 bits per heavy atom. The van der Waals surface area contributed by atoms with E-state index in [-0.39, 0.29) is 42.1 Å². The fourth-order valence-corrected chi connectivity index (χ4v) is 1.91. The average molecular weight is 502 g/mol. The third-order valence-electron chi connectivity index (χ3n) is 1.47. The van der Waals surface area contributed by atoms with E-state index < -0.39 is 0 Å². The molecule has 0 aromatic carbocycles. The van der Waals surface area contributed by atoms with E-state index in [2.05, 4.69) is 23.6 Å². The zero-order valence-electron chi connectivity index (χ0n) is 5.69. The van der Waals surface area contributed by atoms with Crippen molar-refractivity contribution < 1.29 is 42.1 Å². The summed E-state index contributed by atoms with van der Waals surface area (Å²) in [7, 11) is 0. The molecule has 58 valence electrons. The molecule has 0 spiro atoms. The summed E-state index contributed by atoms with van der Waals surface area (Å²) >= 11 is 1.82. The Hall–Kier alpha value is 0.947. The summed E-state index contributed by atoms with van der Waals surface area (Å²) in [5.41, 5.74) is 0. The minimum Gasteiger partial charge on any atom is -0.390 e. The molecule has 2 atom stereocenters. The van der Waals surface area contributed by atoms with Crippen molar-refractivity contribution in [3.63, 3.8) is 0 Å². The molecule has 0 aromatic rings. The van der Waals surface area contributed by atoms with Crippen molar-refractivity contribution in [1.82, 2.24) is 0 Å². The van der Waals surface area contributed by atoms with Gasteiger partial charge in [0.1, 0.15) is 0 Å². The molecular weight excluding hydrogens is 496 g/mol. The topological polar surface area (TPSA) is 0 Å². The Labute approximate surface area is 100 Å². The van der Waals surface area contributed by atoms with Crippen molar-refractivity contribution in [3.05, 3.63) is 35.8 Å². The van der Waals surface area contributed by atoms with Crippen molar-refractivity contribution in [1.29, 1.82) is 0 Å². The zero-order valence-corrected chi connectivity index (χ0v) is 12.4. The normalized spacial score (nSPS) is 30.5. The van der Waals surface area contributed by atoms with Gasteiger partial charge in [-0.05, 0) is 5.41 Å². The standard InChI is InChI=1S/C8H6S.2W/c1-2-4-8-7(3-1)5-6-9-8;;/h1-2,5-8H;;/q-2;;. The summed E-state index contributed by atoms with van der Waals surface area (Å²) in [6.07, 6.45) is 12.5. The summed E-state index contributed by atoms with van der Waals surface area (Å²) in [5.74, 6) is 0.500. The molecule has 0 fully saturated rings. The van der Waals surface area contributed by atoms with Gasteiger partial charge in [0.25, 0.3) is 0 Å². The predicted molar refractivity (Wildman–Crippen MR) is 39.6 cm³/mol. The molecule has 3 heteroatoms. The van der Waals surface area contributed by atoms with Gasteiger partial charge in [0.15, 0.2) is 0 Å². The van der Waals surface area contributed by atoms with Crippen LogP contribution in [0.5, 0.6) is 0 Å². The van der Waals surface area contributed by atoms with Gasteiger partial charge in [-0.25, -0.2) is 0 Å². The maximum atomic E-state index is 3.24. The van der Waals surface area contributed by atoms with E-state index in [1.807, 2.05) is 23.9 Å². The van der Waals surface area contributed by atoms with Crippen LogP contribution in [0.3, 0.4) is 0 Å². The van der Waals surface area contributed by atoms with Crippen LogP contribution in [-0.2, 0) is 42.1 Å². The van der Waals surface area contributed by atoms with Crippen molar-refractivity contribution in [3.8, 4) is 0 Å². The van der Waals surface area contributed by atoms with E-state index >= 15 is 0 Å². The molecule has 0 nitrogen and oxygen atoms in total. The molecule has 0 N–H and O–H groups in total. The number of thioether (sulfide) groups is 1. The van der Waals surface area contributed by atoms with E-state index in [1.54, 1.807) is 0 Å². The Balaban J connectivity index is 0.000000500. The third-order valence-corrected chi connectivity index (χ3v) is 2.51. The van der Waals surface area contributed by atoms with Gasteiger partial charge < -0.3 is 24.3 Å². The second-order valence-electron chi connectivity index (χ2n) is 2.08. The van der Waals surface area contributed by atoms with E-state index in [9.17, 15) is 0 Å². The van der Waals surface area contributed by atoms with Gasteiger partial charge in [-0.2, -0.15) is 0 Å². The summed E-state index contributed by atoms with van der Waals surface area (Å²) in [4.78, 5) is 0. The van der Waals surface area contributed by atoms with Gasteiger partial charge in [0.05, 0.1) is 0 Å². The summed E-state index contributed by atoms with van der Waals surface area (Å²) in [6, 6.07) is 0. The van der Waals surface area contributed by atoms with Crippen LogP contribution in [0.4, 0.5) is 0 Å². The number of hydrogen-bond donors (Lipinski definition) is 0. The number of hydrogen-bond acceptors (Lipinski definition) is 1. The molecule has 1 aliphatic heterocycles. The van der Waals surface area contributed by atoms with Gasteiger partial charge in [-0.3, -0.25) is 0 Å². The van der Waals surface area contributed by atoms with Crippen LogP contribution in [0, 0.1) is 18.1 Å². The molecule has 2 rings (SSSR count). The third kappa shape index (κ3) is 2.72. The minimum atomic E-state index is 0. The first-order chi connectivity index (χ1) is 4.47. The second kappa shape index (κ2) is 5.57. The van der Waals surface area contributed by atoms with Crippen molar-refractivity contribution in [2.75, 3.05) is 0 Å². The van der Waals surface area contributed by atoms with Crippen LogP contribution in [0.15, 0.2) is 23.6 Å². The predicted octanol–water partition coefficient (Wildman–Crippen LogP) is 1.96. The van der Waals surface area contributed by atoms with Gasteiger partial charge >= 0.3 is 0 Å². The zero-order chi connectivity index (χ0) is 6.10. The average Bonchev–Trinajstić information content (AvgIpc) is 2.33. The van der Waals surface area contributed by atoms with E-state index in [0.29, 0.717) is 11.2 Å². The van der Waals surface area contributed by atoms with Crippen LogP contribution < -0.4 is 0 Å². The summed E-state index contributed by atoms with van der Waals surface area (Å²) in [6.45, 7) is 0. The fourth-order valence-electron chi connectivity index (χ4n) is 0.988. The molecule has 0 aromatic heterocycles. The molecule has 11 heavy (non-hydrogen) atoms. The Kier molecular flexibility index (Phi) is 6.05. The van der Waals surface area contributed by atoms with E-state index in [4.69, 9.17) is 0 Å². The second-order valence-corrected chi connectivity index (χ2v) is 3.13. The SMILES string of the molecule is [C-]1=CC=[C-]C2SC=CC12.[W].[W]. The number of fused-ring (bicyclic) bond motifs is 1. The van der Waals surface area contributed by atoms with Gasteiger partial charge in [0, 0.05) is 42.1 Å².